The van der Waals surface area contributed by atoms with Gasteiger partial charge in [-0.05, 0) is 37.2 Å². The summed E-state index contributed by atoms with van der Waals surface area (Å²) < 4.78 is 0. The minimum Gasteiger partial charge on any atom is -0.337 e. The zero-order valence-corrected chi connectivity index (χ0v) is 13.5. The van der Waals surface area contributed by atoms with E-state index in [9.17, 15) is 4.79 Å². The highest BCUT2D eigenvalue weighted by Gasteiger charge is 2.26. The fraction of sp³-hybridized carbons (Fsp3) is 0.611. The van der Waals surface area contributed by atoms with Gasteiger partial charge in [0.2, 0.25) is 0 Å². The van der Waals surface area contributed by atoms with Gasteiger partial charge in [-0.1, -0.05) is 44.2 Å². The highest BCUT2D eigenvalue weighted by Crippen LogP contribution is 2.29. The van der Waals surface area contributed by atoms with Crippen molar-refractivity contribution in [1.82, 2.24) is 10.2 Å². The first-order valence-corrected chi connectivity index (χ1v) is 8.19. The zero-order chi connectivity index (χ0) is 15.2. The van der Waals surface area contributed by atoms with E-state index in [4.69, 9.17) is 0 Å². The molecule has 1 aliphatic rings. The summed E-state index contributed by atoms with van der Waals surface area (Å²) in [4.78, 5) is 14.3. The van der Waals surface area contributed by atoms with Crippen molar-refractivity contribution in [2.75, 3.05) is 19.6 Å². The largest absolute Gasteiger partial charge is 0.337 e. The van der Waals surface area contributed by atoms with Gasteiger partial charge in [-0.3, -0.25) is 0 Å². The third kappa shape index (κ3) is 4.76. The van der Waals surface area contributed by atoms with E-state index in [1.54, 1.807) is 0 Å². The average molecular weight is 288 g/mol. The van der Waals surface area contributed by atoms with Gasteiger partial charge in [0.25, 0.3) is 0 Å². The average Bonchev–Trinajstić information content (AvgIpc) is 3.29. The van der Waals surface area contributed by atoms with Crippen LogP contribution in [-0.4, -0.2) is 30.6 Å². The highest BCUT2D eigenvalue weighted by atomic mass is 16.2. The highest BCUT2D eigenvalue weighted by molar-refractivity contribution is 5.74. The molecular weight excluding hydrogens is 260 g/mol. The quantitative estimate of drug-likeness (QED) is 0.811. The Morgan fingerprint density at radius 3 is 2.48 bits per heavy atom. The van der Waals surface area contributed by atoms with Crippen LogP contribution in [0.15, 0.2) is 30.3 Å². The molecule has 0 aliphatic heterocycles. The molecule has 1 N–H and O–H groups in total. The maximum atomic E-state index is 12.3. The Kier molecular flexibility index (Phi) is 5.66. The van der Waals surface area contributed by atoms with Crippen molar-refractivity contribution in [3.05, 3.63) is 35.9 Å². The summed E-state index contributed by atoms with van der Waals surface area (Å²) in [6.07, 6.45) is 2.56. The number of urea groups is 1. The molecule has 1 fully saturated rings. The number of amides is 2. The molecule has 3 nitrogen and oxygen atoms in total. The fourth-order valence-corrected chi connectivity index (χ4v) is 2.72. The molecule has 1 aromatic carbocycles. The van der Waals surface area contributed by atoms with Gasteiger partial charge in [-0.15, -0.1) is 0 Å². The minimum absolute atomic E-state index is 0.0889. The number of carbonyl (C=O) groups excluding carboxylic acids is 1. The van der Waals surface area contributed by atoms with Crippen molar-refractivity contribution >= 4 is 6.03 Å². The lowest BCUT2D eigenvalue weighted by molar-refractivity contribution is 0.196. The summed E-state index contributed by atoms with van der Waals surface area (Å²) in [5.74, 6) is 1.62. The van der Waals surface area contributed by atoms with E-state index in [-0.39, 0.29) is 6.03 Å². The second kappa shape index (κ2) is 7.48. The van der Waals surface area contributed by atoms with Gasteiger partial charge in [0, 0.05) is 25.6 Å². The summed E-state index contributed by atoms with van der Waals surface area (Å²) in [5.41, 5.74) is 1.30. The molecule has 2 rings (SSSR count). The van der Waals surface area contributed by atoms with E-state index in [0.717, 1.165) is 19.0 Å². The van der Waals surface area contributed by atoms with E-state index >= 15 is 0 Å². The van der Waals surface area contributed by atoms with Crippen molar-refractivity contribution in [2.24, 2.45) is 11.8 Å². The molecule has 21 heavy (non-hydrogen) atoms. The van der Waals surface area contributed by atoms with Crippen molar-refractivity contribution < 1.29 is 4.79 Å². The third-order valence-electron chi connectivity index (χ3n) is 4.35. The van der Waals surface area contributed by atoms with Crippen molar-refractivity contribution in [3.8, 4) is 0 Å². The summed E-state index contributed by atoms with van der Waals surface area (Å²) in [6, 6.07) is 10.6. The van der Waals surface area contributed by atoms with E-state index in [1.807, 2.05) is 11.0 Å². The summed E-state index contributed by atoms with van der Waals surface area (Å²) in [5, 5.41) is 3.13. The Labute approximate surface area is 128 Å². The molecule has 1 aliphatic carbocycles. The van der Waals surface area contributed by atoms with Crippen LogP contribution in [0.4, 0.5) is 4.79 Å². The van der Waals surface area contributed by atoms with Gasteiger partial charge in [0.1, 0.15) is 0 Å². The van der Waals surface area contributed by atoms with Crippen molar-refractivity contribution in [3.63, 3.8) is 0 Å². The number of nitrogens with one attached hydrogen (secondary N) is 1. The lowest BCUT2D eigenvalue weighted by Crippen LogP contribution is -2.42. The Hall–Kier alpha value is -1.51. The molecule has 3 heteroatoms. The second-order valence-corrected chi connectivity index (χ2v) is 6.43. The van der Waals surface area contributed by atoms with Crippen LogP contribution in [0.1, 0.15) is 45.1 Å². The van der Waals surface area contributed by atoms with Crippen LogP contribution < -0.4 is 5.32 Å². The molecule has 116 valence electrons. The number of hydrogen-bond donors (Lipinski definition) is 1. The normalized spacial score (nSPS) is 15.8. The lowest BCUT2D eigenvalue weighted by atomic mass is 9.88. The monoisotopic (exact) mass is 288 g/mol. The van der Waals surface area contributed by atoms with Crippen LogP contribution in [0.3, 0.4) is 0 Å². The molecular formula is C18H28N2O. The smallest absolute Gasteiger partial charge is 0.317 e. The van der Waals surface area contributed by atoms with E-state index in [2.05, 4.69) is 50.4 Å². The first-order chi connectivity index (χ1) is 10.1. The Bertz CT molecular complexity index is 440. The Morgan fingerprint density at radius 1 is 1.29 bits per heavy atom. The predicted molar refractivity (Wildman–Crippen MR) is 87.4 cm³/mol. The van der Waals surface area contributed by atoms with Crippen LogP contribution in [-0.2, 0) is 0 Å². The van der Waals surface area contributed by atoms with E-state index < -0.39 is 0 Å². The minimum atomic E-state index is 0.0889. The van der Waals surface area contributed by atoms with Gasteiger partial charge in [-0.25, -0.2) is 4.79 Å². The number of hydrogen-bond acceptors (Lipinski definition) is 1. The SMILES string of the molecule is CCN(CC1CC1)C(=O)NCC(c1ccccc1)C(C)C. The number of rotatable bonds is 7. The summed E-state index contributed by atoms with van der Waals surface area (Å²) in [7, 11) is 0. The van der Waals surface area contributed by atoms with Crippen molar-refractivity contribution in [2.45, 2.75) is 39.5 Å². The van der Waals surface area contributed by atoms with Crippen LogP contribution in [0.5, 0.6) is 0 Å². The summed E-state index contributed by atoms with van der Waals surface area (Å²) >= 11 is 0. The second-order valence-electron chi connectivity index (χ2n) is 6.43. The Balaban J connectivity index is 1.90. The molecule has 1 unspecified atom stereocenters. The van der Waals surface area contributed by atoms with Crippen molar-refractivity contribution in [1.29, 1.82) is 0 Å². The maximum absolute atomic E-state index is 12.3. The molecule has 0 aromatic heterocycles. The van der Waals surface area contributed by atoms with Gasteiger partial charge in [0.15, 0.2) is 0 Å². The first kappa shape index (κ1) is 15.9. The molecule has 0 bridgehead atoms. The van der Waals surface area contributed by atoms with Crippen LogP contribution in [0, 0.1) is 11.8 Å². The molecule has 0 radical (unpaired) electrons. The predicted octanol–water partition coefficient (Wildman–Crippen LogP) is 3.87. The van der Waals surface area contributed by atoms with Gasteiger partial charge in [-0.2, -0.15) is 0 Å². The molecule has 0 saturated heterocycles. The van der Waals surface area contributed by atoms with Crippen LogP contribution in [0.25, 0.3) is 0 Å². The maximum Gasteiger partial charge on any atom is 0.317 e. The number of carbonyl (C=O) groups is 1. The van der Waals surface area contributed by atoms with Crippen LogP contribution >= 0.6 is 0 Å². The first-order valence-electron chi connectivity index (χ1n) is 8.19. The van der Waals surface area contributed by atoms with Gasteiger partial charge in [0.05, 0.1) is 0 Å². The van der Waals surface area contributed by atoms with Crippen LogP contribution in [0.2, 0.25) is 0 Å². The molecule has 1 aromatic rings. The van der Waals surface area contributed by atoms with E-state index in [1.165, 1.54) is 18.4 Å². The van der Waals surface area contributed by atoms with Gasteiger partial charge >= 0.3 is 6.03 Å². The molecule has 0 heterocycles. The zero-order valence-electron chi connectivity index (χ0n) is 13.5. The topological polar surface area (TPSA) is 32.3 Å². The summed E-state index contributed by atoms with van der Waals surface area (Å²) in [6.45, 7) is 8.90. The van der Waals surface area contributed by atoms with E-state index in [0.29, 0.717) is 18.4 Å². The molecule has 1 atom stereocenters. The standard InChI is InChI=1S/C18H28N2O/c1-4-20(13-15-10-11-15)18(21)19-12-17(14(2)3)16-8-6-5-7-9-16/h5-9,14-15,17H,4,10-13H2,1-3H3,(H,19,21). The third-order valence-corrected chi connectivity index (χ3v) is 4.35. The molecule has 1 saturated carbocycles. The number of nitrogens with zero attached hydrogens (tertiary/aromatic N) is 1. The van der Waals surface area contributed by atoms with Gasteiger partial charge < -0.3 is 10.2 Å². The molecule has 0 spiro atoms. The lowest BCUT2D eigenvalue weighted by Gasteiger charge is -2.25. The molecule has 2 amide bonds. The fourth-order valence-electron chi connectivity index (χ4n) is 2.72. The number of benzene rings is 1. The Morgan fingerprint density at radius 2 is 1.95 bits per heavy atom.